The number of methoxy groups -OCH3 is 1. The Balaban J connectivity index is 2.10. The van der Waals surface area contributed by atoms with E-state index in [1.807, 2.05) is 44.2 Å². The fourth-order valence-electron chi connectivity index (χ4n) is 1.64. The van der Waals surface area contributed by atoms with Gasteiger partial charge in [0, 0.05) is 17.4 Å². The summed E-state index contributed by atoms with van der Waals surface area (Å²) in [5, 5.41) is 3.78. The van der Waals surface area contributed by atoms with Crippen molar-refractivity contribution in [2.75, 3.05) is 18.2 Å². The molecule has 0 atom stereocenters. The second-order valence-corrected chi connectivity index (χ2v) is 5.48. The van der Waals surface area contributed by atoms with Gasteiger partial charge in [0.15, 0.2) is 5.16 Å². The molecule has 0 aliphatic heterocycles. The number of hydrogen-bond donors (Lipinski definition) is 1. The van der Waals surface area contributed by atoms with Gasteiger partial charge in [-0.2, -0.15) is 0 Å². The number of ether oxygens (including phenoxy) is 1. The SMILES string of the molecule is COC(=O)CSc1nc(C)cc(Nc2ccc(C)cc2)n1. The molecule has 6 heteroatoms. The molecule has 0 spiro atoms. The maximum atomic E-state index is 11.2. The average Bonchev–Trinajstić information content (AvgIpc) is 2.46. The van der Waals surface area contributed by atoms with Gasteiger partial charge in [-0.3, -0.25) is 4.79 Å². The van der Waals surface area contributed by atoms with E-state index in [0.29, 0.717) is 11.0 Å². The summed E-state index contributed by atoms with van der Waals surface area (Å²) in [6, 6.07) is 9.91. The number of hydrogen-bond acceptors (Lipinski definition) is 6. The quantitative estimate of drug-likeness (QED) is 0.520. The lowest BCUT2D eigenvalue weighted by Crippen LogP contribution is -2.05. The lowest BCUT2D eigenvalue weighted by atomic mass is 10.2. The molecular weight excluding hydrogens is 286 g/mol. The van der Waals surface area contributed by atoms with Crippen LogP contribution >= 0.6 is 11.8 Å². The van der Waals surface area contributed by atoms with Gasteiger partial charge in [0.2, 0.25) is 0 Å². The lowest BCUT2D eigenvalue weighted by molar-refractivity contribution is -0.137. The van der Waals surface area contributed by atoms with Gasteiger partial charge in [-0.05, 0) is 26.0 Å². The van der Waals surface area contributed by atoms with Crippen molar-refractivity contribution in [3.63, 3.8) is 0 Å². The number of aromatic nitrogens is 2. The van der Waals surface area contributed by atoms with E-state index in [-0.39, 0.29) is 11.7 Å². The maximum Gasteiger partial charge on any atom is 0.316 e. The molecule has 21 heavy (non-hydrogen) atoms. The van der Waals surface area contributed by atoms with Crippen LogP contribution in [-0.4, -0.2) is 28.8 Å². The standard InChI is InChI=1S/C15H17N3O2S/c1-10-4-6-12(7-5-10)17-13-8-11(2)16-15(18-13)21-9-14(19)20-3/h4-8H,9H2,1-3H3,(H,16,17,18). The van der Waals surface area contributed by atoms with Crippen LogP contribution in [0.25, 0.3) is 0 Å². The fraction of sp³-hybridized carbons (Fsp3) is 0.267. The van der Waals surface area contributed by atoms with Crippen LogP contribution in [-0.2, 0) is 9.53 Å². The Morgan fingerprint density at radius 2 is 1.95 bits per heavy atom. The molecular formula is C15H17N3O2S. The molecule has 0 unspecified atom stereocenters. The van der Waals surface area contributed by atoms with Gasteiger partial charge in [-0.1, -0.05) is 29.5 Å². The van der Waals surface area contributed by atoms with E-state index in [1.54, 1.807) is 0 Å². The molecule has 1 heterocycles. The van der Waals surface area contributed by atoms with Crippen molar-refractivity contribution in [3.8, 4) is 0 Å². The van der Waals surface area contributed by atoms with Crippen LogP contribution in [0, 0.1) is 13.8 Å². The summed E-state index contributed by atoms with van der Waals surface area (Å²) in [6.07, 6.45) is 0. The normalized spacial score (nSPS) is 10.2. The first-order chi connectivity index (χ1) is 10.1. The summed E-state index contributed by atoms with van der Waals surface area (Å²) in [5.41, 5.74) is 3.00. The van der Waals surface area contributed by atoms with Crippen molar-refractivity contribution >= 4 is 29.2 Å². The zero-order valence-corrected chi connectivity index (χ0v) is 13.0. The van der Waals surface area contributed by atoms with Gasteiger partial charge in [0.05, 0.1) is 12.9 Å². The van der Waals surface area contributed by atoms with Crippen LogP contribution in [0.3, 0.4) is 0 Å². The minimum Gasteiger partial charge on any atom is -0.468 e. The number of esters is 1. The van der Waals surface area contributed by atoms with E-state index >= 15 is 0 Å². The first-order valence-corrected chi connectivity index (χ1v) is 7.44. The number of carbonyl (C=O) groups is 1. The van der Waals surface area contributed by atoms with Crippen molar-refractivity contribution in [3.05, 3.63) is 41.6 Å². The molecule has 5 nitrogen and oxygen atoms in total. The number of nitrogens with zero attached hydrogens (tertiary/aromatic N) is 2. The van der Waals surface area contributed by atoms with Crippen LogP contribution in [0.2, 0.25) is 0 Å². The van der Waals surface area contributed by atoms with Gasteiger partial charge in [0.25, 0.3) is 0 Å². The largest absolute Gasteiger partial charge is 0.468 e. The van der Waals surface area contributed by atoms with Gasteiger partial charge in [-0.25, -0.2) is 9.97 Å². The molecule has 0 fully saturated rings. The first kappa shape index (κ1) is 15.3. The van der Waals surface area contributed by atoms with E-state index in [1.165, 1.54) is 24.4 Å². The monoisotopic (exact) mass is 303 g/mol. The molecule has 0 aliphatic carbocycles. The molecule has 0 bridgehead atoms. The molecule has 110 valence electrons. The number of carbonyl (C=O) groups excluding carboxylic acids is 1. The highest BCUT2D eigenvalue weighted by molar-refractivity contribution is 7.99. The second-order valence-electron chi connectivity index (χ2n) is 4.53. The summed E-state index contributed by atoms with van der Waals surface area (Å²) >= 11 is 1.26. The molecule has 0 saturated carbocycles. The summed E-state index contributed by atoms with van der Waals surface area (Å²) in [4.78, 5) is 19.9. The highest BCUT2D eigenvalue weighted by Gasteiger charge is 2.07. The van der Waals surface area contributed by atoms with Gasteiger partial charge in [0.1, 0.15) is 5.82 Å². The third kappa shape index (κ3) is 4.75. The van der Waals surface area contributed by atoms with Crippen LogP contribution in [0.4, 0.5) is 11.5 Å². The predicted molar refractivity (Wildman–Crippen MR) is 84.0 cm³/mol. The van der Waals surface area contributed by atoms with Crippen LogP contribution in [0.15, 0.2) is 35.5 Å². The van der Waals surface area contributed by atoms with Crippen LogP contribution in [0.5, 0.6) is 0 Å². The molecule has 1 aromatic heterocycles. The highest BCUT2D eigenvalue weighted by atomic mass is 32.2. The average molecular weight is 303 g/mol. The summed E-state index contributed by atoms with van der Waals surface area (Å²) < 4.78 is 4.61. The Labute approximate surface area is 128 Å². The summed E-state index contributed by atoms with van der Waals surface area (Å²) in [5.74, 6) is 0.612. The van der Waals surface area contributed by atoms with Crippen molar-refractivity contribution in [2.24, 2.45) is 0 Å². The van der Waals surface area contributed by atoms with Crippen LogP contribution < -0.4 is 5.32 Å². The van der Waals surface area contributed by atoms with Gasteiger partial charge in [-0.15, -0.1) is 0 Å². The predicted octanol–water partition coefficient (Wildman–Crippen LogP) is 3.10. The Hall–Kier alpha value is -2.08. The number of aryl methyl sites for hydroxylation is 2. The Kier molecular flexibility index (Phi) is 5.16. The Morgan fingerprint density at radius 1 is 1.24 bits per heavy atom. The third-order valence-electron chi connectivity index (χ3n) is 2.70. The first-order valence-electron chi connectivity index (χ1n) is 6.46. The fourth-order valence-corrected chi connectivity index (χ4v) is 2.37. The minimum absolute atomic E-state index is 0.198. The molecule has 0 saturated heterocycles. The van der Waals surface area contributed by atoms with E-state index in [4.69, 9.17) is 0 Å². The second kappa shape index (κ2) is 7.08. The lowest BCUT2D eigenvalue weighted by Gasteiger charge is -2.08. The van der Waals surface area contributed by atoms with E-state index < -0.39 is 0 Å². The molecule has 0 aliphatic rings. The molecule has 2 rings (SSSR count). The van der Waals surface area contributed by atoms with E-state index in [0.717, 1.165) is 11.4 Å². The number of nitrogens with one attached hydrogen (secondary N) is 1. The van der Waals surface area contributed by atoms with E-state index in [2.05, 4.69) is 20.0 Å². The topological polar surface area (TPSA) is 64.1 Å². The zero-order chi connectivity index (χ0) is 15.2. The number of thioether (sulfide) groups is 1. The number of benzene rings is 1. The molecule has 0 amide bonds. The Bertz CT molecular complexity index is 629. The molecule has 0 radical (unpaired) electrons. The Morgan fingerprint density at radius 3 is 2.62 bits per heavy atom. The van der Waals surface area contributed by atoms with Crippen molar-refractivity contribution in [1.29, 1.82) is 0 Å². The van der Waals surface area contributed by atoms with E-state index in [9.17, 15) is 4.79 Å². The van der Waals surface area contributed by atoms with Gasteiger partial charge < -0.3 is 10.1 Å². The molecule has 2 aromatic rings. The zero-order valence-electron chi connectivity index (χ0n) is 12.2. The smallest absolute Gasteiger partial charge is 0.316 e. The highest BCUT2D eigenvalue weighted by Crippen LogP contribution is 2.20. The van der Waals surface area contributed by atoms with Gasteiger partial charge >= 0.3 is 5.97 Å². The molecule has 1 aromatic carbocycles. The van der Waals surface area contributed by atoms with Crippen molar-refractivity contribution in [1.82, 2.24) is 9.97 Å². The number of anilines is 2. The number of rotatable bonds is 5. The third-order valence-corrected chi connectivity index (χ3v) is 3.53. The van der Waals surface area contributed by atoms with Crippen molar-refractivity contribution < 1.29 is 9.53 Å². The summed E-state index contributed by atoms with van der Waals surface area (Å²) in [7, 11) is 1.37. The summed E-state index contributed by atoms with van der Waals surface area (Å²) in [6.45, 7) is 3.93. The maximum absolute atomic E-state index is 11.2. The van der Waals surface area contributed by atoms with Crippen molar-refractivity contribution in [2.45, 2.75) is 19.0 Å². The molecule has 1 N–H and O–H groups in total. The minimum atomic E-state index is -0.293. The van der Waals surface area contributed by atoms with Crippen LogP contribution in [0.1, 0.15) is 11.3 Å².